The van der Waals surface area contributed by atoms with Gasteiger partial charge in [0.1, 0.15) is 18.1 Å². The summed E-state index contributed by atoms with van der Waals surface area (Å²) in [4.78, 5) is 30.3. The number of amides is 2. The molecule has 1 atom stereocenters. The topological polar surface area (TPSA) is 81.5 Å². The van der Waals surface area contributed by atoms with Gasteiger partial charge in [-0.05, 0) is 61.2 Å². The summed E-state index contributed by atoms with van der Waals surface area (Å²) in [5, 5.41) is 0. The van der Waals surface area contributed by atoms with E-state index in [9.17, 15) is 9.59 Å². The van der Waals surface area contributed by atoms with Gasteiger partial charge in [-0.25, -0.2) is 0 Å². The number of benzene rings is 2. The number of rotatable bonds is 10. The highest BCUT2D eigenvalue weighted by Crippen LogP contribution is 2.33. The van der Waals surface area contributed by atoms with Crippen molar-refractivity contribution in [3.05, 3.63) is 89.4 Å². The predicted molar refractivity (Wildman–Crippen MR) is 141 cm³/mol. The van der Waals surface area contributed by atoms with Crippen LogP contribution in [0.25, 0.3) is 6.08 Å². The van der Waals surface area contributed by atoms with Crippen molar-refractivity contribution in [3.63, 3.8) is 0 Å². The van der Waals surface area contributed by atoms with E-state index < -0.39 is 0 Å². The monoisotopic (exact) mass is 516 g/mol. The van der Waals surface area contributed by atoms with E-state index >= 15 is 0 Å². The van der Waals surface area contributed by atoms with Crippen molar-refractivity contribution in [2.45, 2.75) is 39.0 Å². The highest BCUT2D eigenvalue weighted by atomic mass is 16.7. The summed E-state index contributed by atoms with van der Waals surface area (Å²) in [5.74, 6) is 2.39. The number of aryl methyl sites for hydroxylation is 1. The van der Waals surface area contributed by atoms with Crippen LogP contribution in [0.15, 0.2) is 71.2 Å². The second-order valence-corrected chi connectivity index (χ2v) is 9.55. The molecule has 2 aliphatic heterocycles. The normalized spacial score (nSPS) is 16.2. The number of ether oxygens (including phenoxy) is 3. The van der Waals surface area contributed by atoms with Gasteiger partial charge in [0.25, 0.3) is 0 Å². The fraction of sp³-hybridized carbons (Fsp3) is 0.333. The largest absolute Gasteiger partial charge is 0.464 e. The molecule has 0 aliphatic carbocycles. The Morgan fingerprint density at radius 2 is 1.82 bits per heavy atom. The molecular weight excluding hydrogens is 484 g/mol. The standard InChI is InChI=1S/C30H32N2O6/c1-22-9-12-26(38-22)19-31(17-24-10-13-27-28(16-24)37-21-36-27)30(34)20-32(18-25-8-5-15-35-25)29(33)14-11-23-6-3-2-4-7-23/h2-4,6-7,9-14,16,25H,5,8,15,17-21H2,1H3. The van der Waals surface area contributed by atoms with Crippen LogP contribution < -0.4 is 9.47 Å². The molecule has 5 rings (SSSR count). The molecule has 1 aromatic heterocycles. The maximum atomic E-state index is 13.7. The lowest BCUT2D eigenvalue weighted by atomic mass is 10.1. The van der Waals surface area contributed by atoms with Crippen LogP contribution in [0.1, 0.15) is 35.5 Å². The van der Waals surface area contributed by atoms with E-state index in [-0.39, 0.29) is 37.8 Å². The van der Waals surface area contributed by atoms with Crippen LogP contribution in [0.4, 0.5) is 0 Å². The number of carbonyl (C=O) groups is 2. The lowest BCUT2D eigenvalue weighted by molar-refractivity contribution is -0.140. The molecular formula is C30H32N2O6. The van der Waals surface area contributed by atoms with Crippen LogP contribution in [-0.4, -0.2) is 54.2 Å². The molecule has 2 amide bonds. The third-order valence-corrected chi connectivity index (χ3v) is 6.61. The first-order valence-electron chi connectivity index (χ1n) is 12.9. The first kappa shape index (κ1) is 25.6. The molecule has 3 heterocycles. The molecule has 1 fully saturated rings. The first-order valence-corrected chi connectivity index (χ1v) is 12.9. The van der Waals surface area contributed by atoms with Crippen molar-refractivity contribution in [3.8, 4) is 11.5 Å². The zero-order valence-corrected chi connectivity index (χ0v) is 21.5. The molecule has 198 valence electrons. The van der Waals surface area contributed by atoms with Gasteiger partial charge in [0, 0.05) is 25.8 Å². The highest BCUT2D eigenvalue weighted by molar-refractivity contribution is 5.94. The number of hydrogen-bond acceptors (Lipinski definition) is 6. The lowest BCUT2D eigenvalue weighted by Crippen LogP contribution is -2.44. The highest BCUT2D eigenvalue weighted by Gasteiger charge is 2.26. The molecule has 1 saturated heterocycles. The smallest absolute Gasteiger partial charge is 0.247 e. The molecule has 0 spiro atoms. The minimum absolute atomic E-state index is 0.0674. The summed E-state index contributed by atoms with van der Waals surface area (Å²) in [6.45, 7) is 3.64. The molecule has 0 bridgehead atoms. The number of nitrogens with zero attached hydrogens (tertiary/aromatic N) is 2. The Bertz CT molecular complexity index is 1280. The third-order valence-electron chi connectivity index (χ3n) is 6.61. The van der Waals surface area contributed by atoms with Crippen molar-refractivity contribution in [2.24, 2.45) is 0 Å². The first-order chi connectivity index (χ1) is 18.5. The zero-order chi connectivity index (χ0) is 26.3. The van der Waals surface area contributed by atoms with Crippen LogP contribution in [0.5, 0.6) is 11.5 Å². The second kappa shape index (κ2) is 12.0. The molecule has 38 heavy (non-hydrogen) atoms. The molecule has 0 radical (unpaired) electrons. The van der Waals surface area contributed by atoms with E-state index in [0.717, 1.165) is 29.7 Å². The average molecular weight is 517 g/mol. The van der Waals surface area contributed by atoms with Crippen LogP contribution >= 0.6 is 0 Å². The van der Waals surface area contributed by atoms with Gasteiger partial charge < -0.3 is 28.4 Å². The summed E-state index contributed by atoms with van der Waals surface area (Å²) >= 11 is 0. The Morgan fingerprint density at radius 3 is 2.58 bits per heavy atom. The molecule has 3 aromatic rings. The number of carbonyl (C=O) groups excluding carboxylic acids is 2. The molecule has 8 nitrogen and oxygen atoms in total. The Hall–Kier alpha value is -4.04. The van der Waals surface area contributed by atoms with Crippen molar-refractivity contribution >= 4 is 17.9 Å². The van der Waals surface area contributed by atoms with Gasteiger partial charge in [-0.2, -0.15) is 0 Å². The third kappa shape index (κ3) is 6.63. The minimum atomic E-state index is -0.227. The van der Waals surface area contributed by atoms with Crippen molar-refractivity contribution in [1.29, 1.82) is 0 Å². The summed E-state index contributed by atoms with van der Waals surface area (Å²) in [7, 11) is 0. The van der Waals surface area contributed by atoms with Gasteiger partial charge in [-0.1, -0.05) is 36.4 Å². The summed E-state index contributed by atoms with van der Waals surface area (Å²) in [6, 6.07) is 19.0. The van der Waals surface area contributed by atoms with Crippen molar-refractivity contribution < 1.29 is 28.2 Å². The van der Waals surface area contributed by atoms with Gasteiger partial charge in [0.05, 0.1) is 12.6 Å². The Morgan fingerprint density at radius 1 is 0.974 bits per heavy atom. The van der Waals surface area contributed by atoms with Crippen LogP contribution in [0, 0.1) is 6.92 Å². The molecule has 2 aromatic carbocycles. The van der Waals surface area contributed by atoms with Crippen molar-refractivity contribution in [2.75, 3.05) is 26.5 Å². The molecule has 1 unspecified atom stereocenters. The predicted octanol–water partition coefficient (Wildman–Crippen LogP) is 4.57. The maximum Gasteiger partial charge on any atom is 0.247 e. The van der Waals surface area contributed by atoms with Gasteiger partial charge in [0.15, 0.2) is 11.5 Å². The Balaban J connectivity index is 1.34. The van der Waals surface area contributed by atoms with Crippen LogP contribution in [0.2, 0.25) is 0 Å². The lowest BCUT2D eigenvalue weighted by Gasteiger charge is -2.28. The minimum Gasteiger partial charge on any atom is -0.464 e. The number of hydrogen-bond donors (Lipinski definition) is 0. The van der Waals surface area contributed by atoms with Crippen molar-refractivity contribution in [1.82, 2.24) is 9.80 Å². The van der Waals surface area contributed by atoms with E-state index in [0.29, 0.717) is 37.0 Å². The fourth-order valence-corrected chi connectivity index (χ4v) is 4.62. The van der Waals surface area contributed by atoms with E-state index in [1.54, 1.807) is 15.9 Å². The fourth-order valence-electron chi connectivity index (χ4n) is 4.62. The van der Waals surface area contributed by atoms with Gasteiger partial charge >= 0.3 is 0 Å². The quantitative estimate of drug-likeness (QED) is 0.368. The molecule has 2 aliphatic rings. The van der Waals surface area contributed by atoms with E-state index in [1.807, 2.05) is 67.6 Å². The SMILES string of the molecule is Cc1ccc(CN(Cc2ccc3c(c2)OCO3)C(=O)CN(CC2CCCO2)C(=O)C=Cc2ccccc2)o1. The molecule has 8 heteroatoms. The van der Waals surface area contributed by atoms with E-state index in [4.69, 9.17) is 18.6 Å². The number of furan rings is 1. The van der Waals surface area contributed by atoms with Gasteiger partial charge in [0.2, 0.25) is 18.6 Å². The second-order valence-electron chi connectivity index (χ2n) is 9.55. The Labute approximate surface area is 222 Å². The zero-order valence-electron chi connectivity index (χ0n) is 21.5. The summed E-state index contributed by atoms with van der Waals surface area (Å²) in [5.41, 5.74) is 1.81. The van der Waals surface area contributed by atoms with E-state index in [1.165, 1.54) is 6.08 Å². The average Bonchev–Trinajstić information content (AvgIpc) is 3.69. The van der Waals surface area contributed by atoms with Crippen LogP contribution in [-0.2, 0) is 27.4 Å². The number of fused-ring (bicyclic) bond motifs is 1. The molecule has 0 N–H and O–H groups in total. The van der Waals surface area contributed by atoms with Gasteiger partial charge in [-0.15, -0.1) is 0 Å². The molecule has 0 saturated carbocycles. The van der Waals surface area contributed by atoms with E-state index in [2.05, 4.69) is 0 Å². The Kier molecular flexibility index (Phi) is 8.09. The maximum absolute atomic E-state index is 13.7. The summed E-state index contributed by atoms with van der Waals surface area (Å²) < 4.78 is 22.5. The van der Waals surface area contributed by atoms with Crippen LogP contribution in [0.3, 0.4) is 0 Å². The van der Waals surface area contributed by atoms with Gasteiger partial charge in [-0.3, -0.25) is 9.59 Å². The summed E-state index contributed by atoms with van der Waals surface area (Å²) in [6.07, 6.45) is 5.04.